The van der Waals surface area contributed by atoms with Gasteiger partial charge < -0.3 is 39.9 Å². The maximum Gasteiger partial charge on any atom is 0.472 e. The molecule has 51 heavy (non-hydrogen) atoms. The third kappa shape index (κ3) is 22.4. The second-order valence-corrected chi connectivity index (χ2v) is 15.2. The van der Waals surface area contributed by atoms with Crippen molar-refractivity contribution in [2.24, 2.45) is 0 Å². The molecule has 0 aliphatic heterocycles. The van der Waals surface area contributed by atoms with Crippen molar-refractivity contribution in [2.45, 2.75) is 198 Å². The molecule has 0 radical (unpaired) electrons. The van der Waals surface area contributed by atoms with Crippen molar-refractivity contribution in [3.8, 4) is 0 Å². The molecule has 0 amide bonds. The molecule has 0 bridgehead atoms. The molecule has 0 aromatic heterocycles. The molecule has 1 rings (SSSR count). The number of rotatable bonds is 31. The Hall–Kier alpha value is -1.41. The number of aliphatic hydroxyl groups excluding tert-OH is 5. The molecule has 13 nitrogen and oxygen atoms in total. The van der Waals surface area contributed by atoms with Crippen LogP contribution in [0.15, 0.2) is 12.2 Å². The van der Waals surface area contributed by atoms with Gasteiger partial charge in [0.05, 0.1) is 6.61 Å². The van der Waals surface area contributed by atoms with Crippen molar-refractivity contribution in [3.05, 3.63) is 12.2 Å². The Kier molecular flexibility index (Phi) is 27.1. The Labute approximate surface area is 305 Å². The highest BCUT2D eigenvalue weighted by Gasteiger charge is 2.51. The van der Waals surface area contributed by atoms with Crippen LogP contribution in [-0.4, -0.2) is 98.3 Å². The first-order valence-electron chi connectivity index (χ1n) is 19.5. The first-order valence-corrected chi connectivity index (χ1v) is 21.0. The van der Waals surface area contributed by atoms with E-state index in [1.54, 1.807) is 0 Å². The highest BCUT2D eigenvalue weighted by Crippen LogP contribution is 2.47. The van der Waals surface area contributed by atoms with E-state index in [1.165, 1.54) is 44.9 Å². The van der Waals surface area contributed by atoms with E-state index >= 15 is 0 Å². The third-order valence-corrected chi connectivity index (χ3v) is 10.1. The van der Waals surface area contributed by atoms with Gasteiger partial charge in [0.2, 0.25) is 0 Å². The average Bonchev–Trinajstić information content (AvgIpc) is 3.10. The monoisotopic (exact) mass is 752 g/mol. The second kappa shape index (κ2) is 29.0. The van der Waals surface area contributed by atoms with E-state index in [9.17, 15) is 44.6 Å². The van der Waals surface area contributed by atoms with Crippen LogP contribution in [-0.2, 0) is 32.7 Å². The summed E-state index contributed by atoms with van der Waals surface area (Å²) in [5, 5.41) is 49.8. The average molecular weight is 753 g/mol. The molecular formula is C37H69O13P. The zero-order valence-corrected chi connectivity index (χ0v) is 32.0. The Bertz CT molecular complexity index is 964. The smallest absolute Gasteiger partial charge is 0.462 e. The summed E-state index contributed by atoms with van der Waals surface area (Å²) >= 11 is 0. The van der Waals surface area contributed by atoms with Crippen LogP contribution >= 0.6 is 7.82 Å². The Balaban J connectivity index is 2.52. The summed E-state index contributed by atoms with van der Waals surface area (Å²) in [6.45, 7) is 3.20. The summed E-state index contributed by atoms with van der Waals surface area (Å²) in [5.41, 5.74) is 0. The van der Waals surface area contributed by atoms with Crippen LogP contribution in [0, 0.1) is 0 Å². The SMILES string of the molecule is CCCCCCCC/C=C\CCCCCCCC(=O)OC(COC(=O)CCCCCCCCC)COP(=O)(O)OC1C(O)C(O)C(O)C(O)C1O. The first kappa shape index (κ1) is 47.6. The molecule has 0 saturated heterocycles. The number of ether oxygens (including phenoxy) is 2. The molecule has 0 aromatic rings. The van der Waals surface area contributed by atoms with Crippen LogP contribution in [0.4, 0.5) is 0 Å². The predicted molar refractivity (Wildman–Crippen MR) is 194 cm³/mol. The van der Waals surface area contributed by atoms with E-state index in [0.29, 0.717) is 12.8 Å². The minimum atomic E-state index is -5.10. The van der Waals surface area contributed by atoms with Gasteiger partial charge in [-0.1, -0.05) is 116 Å². The van der Waals surface area contributed by atoms with Crippen LogP contribution < -0.4 is 0 Å². The van der Waals surface area contributed by atoms with E-state index in [-0.39, 0.29) is 12.8 Å². The molecule has 6 atom stereocenters. The maximum absolute atomic E-state index is 12.7. The molecule has 1 fully saturated rings. The molecule has 1 aliphatic rings. The molecule has 0 aromatic carbocycles. The van der Waals surface area contributed by atoms with Crippen molar-refractivity contribution in [1.29, 1.82) is 0 Å². The maximum atomic E-state index is 12.7. The van der Waals surface area contributed by atoms with Crippen molar-refractivity contribution in [3.63, 3.8) is 0 Å². The summed E-state index contributed by atoms with van der Waals surface area (Å²) in [6, 6.07) is 0. The number of hydrogen-bond donors (Lipinski definition) is 6. The molecule has 1 aliphatic carbocycles. The van der Waals surface area contributed by atoms with E-state index in [1.807, 2.05) is 0 Å². The van der Waals surface area contributed by atoms with Crippen LogP contribution in [0.5, 0.6) is 0 Å². The van der Waals surface area contributed by atoms with Crippen molar-refractivity contribution >= 4 is 19.8 Å². The van der Waals surface area contributed by atoms with Crippen LogP contribution in [0.2, 0.25) is 0 Å². The van der Waals surface area contributed by atoms with E-state index < -0.39 is 75.7 Å². The molecule has 0 spiro atoms. The number of allylic oxidation sites excluding steroid dienone is 2. The van der Waals surface area contributed by atoms with Crippen LogP contribution in [0.1, 0.15) is 155 Å². The number of unbranched alkanes of at least 4 members (excludes halogenated alkanes) is 17. The fourth-order valence-electron chi connectivity index (χ4n) is 5.87. The molecule has 6 N–H and O–H groups in total. The van der Waals surface area contributed by atoms with Gasteiger partial charge in [-0.25, -0.2) is 4.57 Å². The Morgan fingerprint density at radius 1 is 0.588 bits per heavy atom. The summed E-state index contributed by atoms with van der Waals surface area (Å²) in [7, 11) is -5.10. The lowest BCUT2D eigenvalue weighted by Crippen LogP contribution is -2.64. The Morgan fingerprint density at radius 3 is 1.49 bits per heavy atom. The number of phosphoric ester groups is 1. The van der Waals surface area contributed by atoms with E-state index in [0.717, 1.165) is 70.6 Å². The number of aliphatic hydroxyl groups is 5. The van der Waals surface area contributed by atoms with Gasteiger partial charge in [0, 0.05) is 12.8 Å². The zero-order chi connectivity index (χ0) is 37.9. The molecule has 0 heterocycles. The normalized spacial score (nSPS) is 24.0. The molecule has 14 heteroatoms. The van der Waals surface area contributed by atoms with Crippen LogP contribution in [0.3, 0.4) is 0 Å². The number of esters is 2. The van der Waals surface area contributed by atoms with Crippen LogP contribution in [0.25, 0.3) is 0 Å². The van der Waals surface area contributed by atoms with Gasteiger partial charge in [0.25, 0.3) is 0 Å². The first-order chi connectivity index (χ1) is 24.4. The highest BCUT2D eigenvalue weighted by atomic mass is 31.2. The van der Waals surface area contributed by atoms with E-state index in [4.69, 9.17) is 18.5 Å². The standard InChI is InChI=1S/C37H69O13P/c1-3-5-7-9-11-12-13-14-15-16-17-18-20-22-24-26-31(39)49-29(27-47-30(38)25-23-21-19-10-8-6-4-2)28-48-51(45,46)50-37-35(43)33(41)32(40)34(42)36(37)44/h14-15,29,32-37,40-44H,3-13,16-28H2,1-2H3,(H,45,46)/b15-14-. The topological polar surface area (TPSA) is 210 Å². The zero-order valence-electron chi connectivity index (χ0n) is 31.2. The number of carbonyl (C=O) groups excluding carboxylic acids is 2. The molecule has 1 saturated carbocycles. The van der Waals surface area contributed by atoms with Crippen molar-refractivity contribution in [2.75, 3.05) is 13.2 Å². The number of phosphoric acid groups is 1. The summed E-state index contributed by atoms with van der Waals surface area (Å²) in [6.07, 6.45) is 13.1. The fourth-order valence-corrected chi connectivity index (χ4v) is 6.84. The van der Waals surface area contributed by atoms with Crippen molar-refractivity contribution < 1.29 is 63.1 Å². The van der Waals surface area contributed by atoms with Gasteiger partial charge in [-0.3, -0.25) is 18.6 Å². The number of carbonyl (C=O) groups is 2. The summed E-state index contributed by atoms with van der Waals surface area (Å²) in [4.78, 5) is 35.3. The summed E-state index contributed by atoms with van der Waals surface area (Å²) < 4.78 is 33.2. The lowest BCUT2D eigenvalue weighted by Gasteiger charge is -2.41. The minimum absolute atomic E-state index is 0.0898. The number of hydrogen-bond acceptors (Lipinski definition) is 12. The lowest BCUT2D eigenvalue weighted by molar-refractivity contribution is -0.220. The second-order valence-electron chi connectivity index (χ2n) is 13.8. The van der Waals surface area contributed by atoms with Gasteiger partial charge in [0.15, 0.2) is 6.10 Å². The summed E-state index contributed by atoms with van der Waals surface area (Å²) in [5.74, 6) is -1.11. The molecular weight excluding hydrogens is 683 g/mol. The van der Waals surface area contributed by atoms with Gasteiger partial charge >= 0.3 is 19.8 Å². The fraction of sp³-hybridized carbons (Fsp3) is 0.892. The van der Waals surface area contributed by atoms with Gasteiger partial charge in [-0.05, 0) is 38.5 Å². The Morgan fingerprint density at radius 2 is 1.00 bits per heavy atom. The van der Waals surface area contributed by atoms with E-state index in [2.05, 4.69) is 26.0 Å². The highest BCUT2D eigenvalue weighted by molar-refractivity contribution is 7.47. The van der Waals surface area contributed by atoms with Crippen molar-refractivity contribution in [1.82, 2.24) is 0 Å². The quantitative estimate of drug-likeness (QED) is 0.0210. The molecule has 300 valence electrons. The molecule has 6 unspecified atom stereocenters. The van der Waals surface area contributed by atoms with Gasteiger partial charge in [-0.15, -0.1) is 0 Å². The van der Waals surface area contributed by atoms with Gasteiger partial charge in [0.1, 0.15) is 43.2 Å². The lowest BCUT2D eigenvalue weighted by atomic mass is 9.85. The largest absolute Gasteiger partial charge is 0.472 e. The third-order valence-electron chi connectivity index (χ3n) is 9.11. The van der Waals surface area contributed by atoms with Gasteiger partial charge in [-0.2, -0.15) is 0 Å². The minimum Gasteiger partial charge on any atom is -0.462 e. The predicted octanol–water partition coefficient (Wildman–Crippen LogP) is 5.94.